The van der Waals surface area contributed by atoms with E-state index < -0.39 is 11.2 Å². The highest BCUT2D eigenvalue weighted by molar-refractivity contribution is 6.35. The minimum atomic E-state index is -0.463. The van der Waals surface area contributed by atoms with Gasteiger partial charge in [0.25, 0.3) is 0 Å². The van der Waals surface area contributed by atoms with Crippen molar-refractivity contribution >= 4 is 45.9 Å². The van der Waals surface area contributed by atoms with E-state index in [4.69, 9.17) is 27.7 Å². The molecule has 4 heterocycles. The first-order valence-corrected chi connectivity index (χ1v) is 11.8. The Hall–Kier alpha value is -3.83. The number of nitrogens with zero attached hydrogens (tertiary/aromatic N) is 5. The summed E-state index contributed by atoms with van der Waals surface area (Å²) >= 11 is 6.33. The fourth-order valence-corrected chi connectivity index (χ4v) is 4.57. The number of H-pyrrole nitrogens is 1. The standard InChI is InChI=1S/C24H25ClFN9O/c1-24(23(28)31-15-5-3-2-4-14(15)26)7-10-35(11-8-24)22-16(12-36)30-19-18(33-34-21(19)32-22)13-6-9-29-20(27)17(13)25/h2-6,9,36H,7-8,10-12H2,1H3,(H2,27,29)(H2,28,31)(H,32,33,34). The third-order valence-corrected chi connectivity index (χ3v) is 7.07. The molecule has 0 radical (unpaired) electrons. The van der Waals surface area contributed by atoms with Crippen LogP contribution in [-0.2, 0) is 6.61 Å². The molecular formula is C24H25ClFN9O. The van der Waals surface area contributed by atoms with E-state index in [2.05, 4.69) is 25.5 Å². The highest BCUT2D eigenvalue weighted by Crippen LogP contribution is 2.37. The van der Waals surface area contributed by atoms with Gasteiger partial charge in [-0.15, -0.1) is 0 Å². The van der Waals surface area contributed by atoms with Crippen LogP contribution in [0, 0.1) is 16.6 Å². The zero-order valence-corrected chi connectivity index (χ0v) is 20.3. The summed E-state index contributed by atoms with van der Waals surface area (Å²) in [5.74, 6) is 0.608. The molecule has 1 saturated heterocycles. The maximum absolute atomic E-state index is 14.1. The third kappa shape index (κ3) is 4.20. The van der Waals surface area contributed by atoms with Crippen LogP contribution < -0.4 is 16.0 Å². The molecule has 1 fully saturated rings. The van der Waals surface area contributed by atoms with Gasteiger partial charge in [-0.2, -0.15) is 5.10 Å². The van der Waals surface area contributed by atoms with Gasteiger partial charge in [0.1, 0.15) is 34.4 Å². The van der Waals surface area contributed by atoms with Gasteiger partial charge in [0, 0.05) is 30.3 Å². The highest BCUT2D eigenvalue weighted by atomic mass is 35.5. The average Bonchev–Trinajstić information content (AvgIpc) is 3.29. The largest absolute Gasteiger partial charge is 0.390 e. The Kier molecular flexibility index (Phi) is 6.19. The lowest BCUT2D eigenvalue weighted by atomic mass is 9.79. The molecule has 5 rings (SSSR count). The Morgan fingerprint density at radius 3 is 2.75 bits per heavy atom. The van der Waals surface area contributed by atoms with Gasteiger partial charge >= 0.3 is 0 Å². The van der Waals surface area contributed by atoms with E-state index in [1.165, 1.54) is 12.3 Å². The van der Waals surface area contributed by atoms with Crippen LogP contribution in [0.4, 0.5) is 21.7 Å². The minimum absolute atomic E-state index is 0.184. The van der Waals surface area contributed by atoms with Crippen LogP contribution in [-0.4, -0.2) is 49.2 Å². The molecule has 0 unspecified atom stereocenters. The monoisotopic (exact) mass is 509 g/mol. The van der Waals surface area contributed by atoms with Crippen LogP contribution in [0.5, 0.6) is 0 Å². The summed E-state index contributed by atoms with van der Waals surface area (Å²) in [5.41, 5.74) is 8.02. The van der Waals surface area contributed by atoms with Gasteiger partial charge in [-0.25, -0.2) is 19.3 Å². The summed E-state index contributed by atoms with van der Waals surface area (Å²) in [6.45, 7) is 2.85. The number of aromatic amines is 1. The normalized spacial score (nSPS) is 15.3. The molecule has 1 aliphatic rings. The number of nitrogens with one attached hydrogen (secondary N) is 3. The summed E-state index contributed by atoms with van der Waals surface area (Å²) in [4.78, 5) is 15.4. The number of anilines is 3. The Balaban J connectivity index is 1.38. The maximum atomic E-state index is 14.1. The summed E-state index contributed by atoms with van der Waals surface area (Å²) < 4.78 is 14.1. The van der Waals surface area contributed by atoms with Crippen molar-refractivity contribution in [2.45, 2.75) is 26.4 Å². The number of rotatable bonds is 5. The van der Waals surface area contributed by atoms with Gasteiger partial charge in [-0.05, 0) is 31.0 Å². The maximum Gasteiger partial charge on any atom is 0.177 e. The lowest BCUT2D eigenvalue weighted by Gasteiger charge is -2.40. The molecule has 3 aromatic heterocycles. The second-order valence-corrected chi connectivity index (χ2v) is 9.38. The Bertz CT molecular complexity index is 1450. The molecule has 6 N–H and O–H groups in total. The molecule has 0 spiro atoms. The van der Waals surface area contributed by atoms with Crippen molar-refractivity contribution in [3.63, 3.8) is 0 Å². The van der Waals surface area contributed by atoms with Crippen LogP contribution in [0.25, 0.3) is 22.4 Å². The number of pyridine rings is 1. The number of hydrogen-bond donors (Lipinski definition) is 5. The zero-order valence-electron chi connectivity index (χ0n) is 19.5. The van der Waals surface area contributed by atoms with E-state index in [-0.39, 0.29) is 29.0 Å². The van der Waals surface area contributed by atoms with Gasteiger partial charge in [-0.1, -0.05) is 30.7 Å². The highest BCUT2D eigenvalue weighted by Gasteiger charge is 2.36. The smallest absolute Gasteiger partial charge is 0.177 e. The molecule has 0 bridgehead atoms. The van der Waals surface area contributed by atoms with E-state index in [0.717, 1.165) is 0 Å². The summed E-state index contributed by atoms with van der Waals surface area (Å²) in [5, 5.41) is 29.1. The van der Waals surface area contributed by atoms with E-state index in [1.54, 1.807) is 24.3 Å². The number of nitrogens with two attached hydrogens (primary N) is 1. The lowest BCUT2D eigenvalue weighted by molar-refractivity contribution is 0.276. The van der Waals surface area contributed by atoms with Crippen molar-refractivity contribution < 1.29 is 9.50 Å². The number of amidine groups is 1. The fraction of sp³-hybridized carbons (Fsp3) is 0.292. The first-order valence-electron chi connectivity index (χ1n) is 11.4. The van der Waals surface area contributed by atoms with Gasteiger partial charge < -0.3 is 21.1 Å². The predicted octanol–water partition coefficient (Wildman–Crippen LogP) is 3.98. The van der Waals surface area contributed by atoms with Gasteiger partial charge in [0.15, 0.2) is 11.5 Å². The van der Waals surface area contributed by atoms with E-state index in [1.807, 2.05) is 11.8 Å². The predicted molar refractivity (Wildman–Crippen MR) is 138 cm³/mol. The zero-order chi connectivity index (χ0) is 25.4. The van der Waals surface area contributed by atoms with Crippen LogP contribution >= 0.6 is 11.6 Å². The molecule has 0 aliphatic carbocycles. The Morgan fingerprint density at radius 2 is 2.03 bits per heavy atom. The van der Waals surface area contributed by atoms with Crippen molar-refractivity contribution in [3.05, 3.63) is 53.1 Å². The Morgan fingerprint density at radius 1 is 1.28 bits per heavy atom. The quantitative estimate of drug-likeness (QED) is 0.200. The number of aromatic nitrogens is 5. The fourth-order valence-electron chi connectivity index (χ4n) is 4.37. The van der Waals surface area contributed by atoms with Crippen molar-refractivity contribution in [2.75, 3.05) is 29.0 Å². The second-order valence-electron chi connectivity index (χ2n) is 9.01. The van der Waals surface area contributed by atoms with Crippen LogP contribution in [0.2, 0.25) is 5.02 Å². The van der Waals surface area contributed by atoms with Gasteiger partial charge in [0.2, 0.25) is 0 Å². The van der Waals surface area contributed by atoms with E-state index >= 15 is 0 Å². The number of fused-ring (bicyclic) bond motifs is 1. The Labute approximate surface area is 211 Å². The molecule has 0 saturated carbocycles. The van der Waals surface area contributed by atoms with Crippen LogP contribution in [0.1, 0.15) is 25.5 Å². The number of halogens is 2. The van der Waals surface area contributed by atoms with Crippen molar-refractivity contribution in [1.82, 2.24) is 25.1 Å². The molecule has 1 aromatic carbocycles. The minimum Gasteiger partial charge on any atom is -0.390 e. The van der Waals surface area contributed by atoms with E-state index in [0.29, 0.717) is 59.9 Å². The number of nitrogen functional groups attached to an aromatic ring is 1. The summed E-state index contributed by atoms with van der Waals surface area (Å²) in [7, 11) is 0. The van der Waals surface area contributed by atoms with E-state index in [9.17, 15) is 9.50 Å². The molecule has 4 aromatic rings. The van der Waals surface area contributed by atoms with Gasteiger partial charge in [0.05, 0.1) is 17.3 Å². The van der Waals surface area contributed by atoms with Crippen LogP contribution in [0.3, 0.4) is 0 Å². The molecule has 12 heteroatoms. The first-order chi connectivity index (χ1) is 17.3. The van der Waals surface area contributed by atoms with Crippen molar-refractivity contribution in [2.24, 2.45) is 5.41 Å². The number of benzene rings is 1. The molecule has 0 atom stereocenters. The third-order valence-electron chi connectivity index (χ3n) is 6.67. The molecule has 36 heavy (non-hydrogen) atoms. The SMILES string of the molecule is CC1(C(=N)Nc2ccccc2F)CCN(c2nc3[nH]nc(-c4ccnc(N)c4Cl)c3nc2CO)CC1. The number of hydrogen-bond acceptors (Lipinski definition) is 8. The molecular weight excluding hydrogens is 485 g/mol. The molecule has 10 nitrogen and oxygen atoms in total. The summed E-state index contributed by atoms with van der Waals surface area (Å²) in [6, 6.07) is 8.02. The lowest BCUT2D eigenvalue weighted by Crippen LogP contribution is -2.45. The van der Waals surface area contributed by atoms with Crippen molar-refractivity contribution in [1.29, 1.82) is 5.41 Å². The molecule has 186 valence electrons. The number of para-hydroxylation sites is 1. The number of aliphatic hydroxyl groups excluding tert-OH is 1. The van der Waals surface area contributed by atoms with Gasteiger partial charge in [-0.3, -0.25) is 10.5 Å². The van der Waals surface area contributed by atoms with Crippen LogP contribution in [0.15, 0.2) is 36.5 Å². The topological polar surface area (TPSA) is 153 Å². The molecule has 1 aliphatic heterocycles. The average molecular weight is 510 g/mol. The van der Waals surface area contributed by atoms with Crippen molar-refractivity contribution in [3.8, 4) is 11.3 Å². The summed E-state index contributed by atoms with van der Waals surface area (Å²) in [6.07, 6.45) is 2.81. The second kappa shape index (κ2) is 9.32. The number of aliphatic hydroxyl groups is 1. The first kappa shape index (κ1) is 23.9. The number of piperidine rings is 1. The molecule has 0 amide bonds.